The van der Waals surface area contributed by atoms with E-state index in [9.17, 15) is 0 Å². The normalized spacial score (nSPS) is 10.7. The molecular weight excluding hydrogens is 364 g/mol. The van der Waals surface area contributed by atoms with Crippen LogP contribution in [0, 0.1) is 6.92 Å². The molecule has 29 heavy (non-hydrogen) atoms. The van der Waals surface area contributed by atoms with Gasteiger partial charge in [0.05, 0.1) is 12.6 Å². The van der Waals surface area contributed by atoms with Gasteiger partial charge in [-0.05, 0) is 48.4 Å². The van der Waals surface area contributed by atoms with Crippen molar-refractivity contribution in [3.05, 3.63) is 84.1 Å². The molecule has 5 heteroatoms. The minimum atomic E-state index is 0.448. The molecule has 5 nitrogen and oxygen atoms in total. The third-order valence-corrected chi connectivity index (χ3v) is 4.69. The van der Waals surface area contributed by atoms with Crippen LogP contribution in [0.3, 0.4) is 0 Å². The summed E-state index contributed by atoms with van der Waals surface area (Å²) in [4.78, 5) is 4.47. The number of anilines is 1. The van der Waals surface area contributed by atoms with Crippen LogP contribution in [0.1, 0.15) is 11.1 Å². The van der Waals surface area contributed by atoms with Crippen LogP contribution in [0.5, 0.6) is 23.0 Å². The van der Waals surface area contributed by atoms with Crippen molar-refractivity contribution >= 4 is 16.6 Å². The third kappa shape index (κ3) is 4.09. The smallest absolute Gasteiger partial charge is 0.163 e. The number of fused-ring (bicyclic) bond motifs is 1. The summed E-state index contributed by atoms with van der Waals surface area (Å²) in [6, 6.07) is 21.2. The van der Waals surface area contributed by atoms with E-state index >= 15 is 0 Å². The Hall–Kier alpha value is -3.73. The Bertz CT molecular complexity index is 1140. The number of aryl methyl sites for hydroxylation is 1. The van der Waals surface area contributed by atoms with Crippen LogP contribution < -0.4 is 19.9 Å². The van der Waals surface area contributed by atoms with Crippen molar-refractivity contribution in [1.82, 2.24) is 4.98 Å². The van der Waals surface area contributed by atoms with Gasteiger partial charge in [0.25, 0.3) is 0 Å². The fourth-order valence-electron chi connectivity index (χ4n) is 3.06. The van der Waals surface area contributed by atoms with Crippen LogP contribution in [-0.4, -0.2) is 12.1 Å². The van der Waals surface area contributed by atoms with Crippen LogP contribution in [-0.2, 0) is 6.61 Å². The molecule has 1 aromatic heterocycles. The first kappa shape index (κ1) is 18.6. The number of nitrogens with two attached hydrogens (primary N) is 1. The number of nitrogen functional groups attached to an aromatic ring is 1. The highest BCUT2D eigenvalue weighted by Crippen LogP contribution is 2.37. The second kappa shape index (κ2) is 8.10. The highest BCUT2D eigenvalue weighted by Gasteiger charge is 2.12. The number of ether oxygens (including phenoxy) is 3. The number of benzene rings is 3. The standard InChI is InChI=1S/C24H22N2O3/c1-16-12-18(8-9-20(16)25)29-22-10-11-26-21-14-24(23(27-2)13-19(21)22)28-15-17-6-4-3-5-7-17/h3-14H,15,25H2,1-2H3. The van der Waals surface area contributed by atoms with Crippen LogP contribution in [0.25, 0.3) is 10.9 Å². The minimum absolute atomic E-state index is 0.448. The van der Waals surface area contributed by atoms with Gasteiger partial charge in [0.2, 0.25) is 0 Å². The zero-order valence-electron chi connectivity index (χ0n) is 16.4. The van der Waals surface area contributed by atoms with Crippen molar-refractivity contribution < 1.29 is 14.2 Å². The fraction of sp³-hybridized carbons (Fsp3) is 0.125. The van der Waals surface area contributed by atoms with E-state index in [4.69, 9.17) is 19.9 Å². The monoisotopic (exact) mass is 386 g/mol. The van der Waals surface area contributed by atoms with E-state index in [0.717, 1.165) is 27.7 Å². The molecule has 4 rings (SSSR count). The van der Waals surface area contributed by atoms with Gasteiger partial charge in [-0.25, -0.2) is 0 Å². The van der Waals surface area contributed by atoms with E-state index in [2.05, 4.69) is 4.98 Å². The zero-order valence-corrected chi connectivity index (χ0v) is 16.4. The highest BCUT2D eigenvalue weighted by molar-refractivity contribution is 5.88. The maximum atomic E-state index is 6.10. The lowest BCUT2D eigenvalue weighted by molar-refractivity contribution is 0.285. The number of nitrogens with zero attached hydrogens (tertiary/aromatic N) is 1. The van der Waals surface area contributed by atoms with E-state index in [0.29, 0.717) is 29.6 Å². The summed E-state index contributed by atoms with van der Waals surface area (Å²) in [7, 11) is 1.62. The lowest BCUT2D eigenvalue weighted by Gasteiger charge is -2.14. The molecule has 4 aromatic rings. The van der Waals surface area contributed by atoms with E-state index in [1.54, 1.807) is 13.3 Å². The number of hydrogen-bond donors (Lipinski definition) is 1. The summed E-state index contributed by atoms with van der Waals surface area (Å²) < 4.78 is 17.7. The summed E-state index contributed by atoms with van der Waals surface area (Å²) in [5, 5.41) is 0.839. The van der Waals surface area contributed by atoms with Crippen molar-refractivity contribution in [2.24, 2.45) is 0 Å². The van der Waals surface area contributed by atoms with E-state index < -0.39 is 0 Å². The summed E-state index contributed by atoms with van der Waals surface area (Å²) in [5.74, 6) is 2.66. The SMILES string of the molecule is COc1cc2c(Oc3ccc(N)c(C)c3)ccnc2cc1OCc1ccccc1. The molecule has 146 valence electrons. The molecule has 0 aliphatic heterocycles. The molecule has 0 saturated heterocycles. The molecule has 0 bridgehead atoms. The Balaban J connectivity index is 1.66. The molecule has 0 fully saturated rings. The quantitative estimate of drug-likeness (QED) is 0.443. The minimum Gasteiger partial charge on any atom is -0.493 e. The molecule has 0 radical (unpaired) electrons. The Morgan fingerprint density at radius 2 is 1.72 bits per heavy atom. The third-order valence-electron chi connectivity index (χ3n) is 4.69. The van der Waals surface area contributed by atoms with Gasteiger partial charge >= 0.3 is 0 Å². The summed E-state index contributed by atoms with van der Waals surface area (Å²) in [5.41, 5.74) is 9.45. The zero-order chi connectivity index (χ0) is 20.2. The van der Waals surface area contributed by atoms with E-state index in [1.165, 1.54) is 0 Å². The van der Waals surface area contributed by atoms with Crippen molar-refractivity contribution in [2.75, 3.05) is 12.8 Å². The van der Waals surface area contributed by atoms with Gasteiger partial charge in [0, 0.05) is 23.3 Å². The van der Waals surface area contributed by atoms with Crippen LogP contribution in [0.15, 0.2) is 72.9 Å². The largest absolute Gasteiger partial charge is 0.493 e. The van der Waals surface area contributed by atoms with Crippen molar-refractivity contribution in [1.29, 1.82) is 0 Å². The van der Waals surface area contributed by atoms with Gasteiger partial charge in [-0.15, -0.1) is 0 Å². The van der Waals surface area contributed by atoms with Gasteiger partial charge in [-0.1, -0.05) is 30.3 Å². The summed E-state index contributed by atoms with van der Waals surface area (Å²) in [6.07, 6.45) is 1.72. The maximum absolute atomic E-state index is 6.10. The molecule has 0 saturated carbocycles. The number of aromatic nitrogens is 1. The average molecular weight is 386 g/mol. The molecular formula is C24H22N2O3. The number of pyridine rings is 1. The van der Waals surface area contributed by atoms with Gasteiger partial charge in [-0.3, -0.25) is 4.98 Å². The molecule has 0 unspecified atom stereocenters. The number of rotatable bonds is 6. The molecule has 3 aromatic carbocycles. The first-order valence-corrected chi connectivity index (χ1v) is 9.31. The molecule has 0 aliphatic carbocycles. The van der Waals surface area contributed by atoms with Gasteiger partial charge in [-0.2, -0.15) is 0 Å². The van der Waals surface area contributed by atoms with Gasteiger partial charge in [0.15, 0.2) is 11.5 Å². The molecule has 0 aliphatic rings. The Kier molecular flexibility index (Phi) is 5.20. The van der Waals surface area contributed by atoms with Crippen LogP contribution >= 0.6 is 0 Å². The Morgan fingerprint density at radius 3 is 2.48 bits per heavy atom. The Morgan fingerprint density at radius 1 is 0.897 bits per heavy atom. The predicted molar refractivity (Wildman–Crippen MR) is 115 cm³/mol. The molecule has 0 spiro atoms. The summed E-state index contributed by atoms with van der Waals surface area (Å²) in [6.45, 7) is 2.40. The maximum Gasteiger partial charge on any atom is 0.163 e. The van der Waals surface area contributed by atoms with Crippen molar-refractivity contribution in [3.63, 3.8) is 0 Å². The lowest BCUT2D eigenvalue weighted by Crippen LogP contribution is -1.98. The first-order chi connectivity index (χ1) is 14.1. The summed E-state index contributed by atoms with van der Waals surface area (Å²) >= 11 is 0. The average Bonchev–Trinajstić information content (AvgIpc) is 2.75. The second-order valence-corrected chi connectivity index (χ2v) is 6.72. The fourth-order valence-corrected chi connectivity index (χ4v) is 3.06. The topological polar surface area (TPSA) is 66.6 Å². The van der Waals surface area contributed by atoms with E-state index in [-0.39, 0.29) is 0 Å². The van der Waals surface area contributed by atoms with Gasteiger partial charge < -0.3 is 19.9 Å². The van der Waals surface area contributed by atoms with Gasteiger partial charge in [0.1, 0.15) is 18.1 Å². The molecule has 0 amide bonds. The first-order valence-electron chi connectivity index (χ1n) is 9.31. The lowest BCUT2D eigenvalue weighted by atomic mass is 10.1. The van der Waals surface area contributed by atoms with E-state index in [1.807, 2.05) is 73.7 Å². The molecule has 1 heterocycles. The number of hydrogen-bond acceptors (Lipinski definition) is 5. The molecule has 2 N–H and O–H groups in total. The second-order valence-electron chi connectivity index (χ2n) is 6.72. The number of methoxy groups -OCH3 is 1. The van der Waals surface area contributed by atoms with Crippen LogP contribution in [0.2, 0.25) is 0 Å². The highest BCUT2D eigenvalue weighted by atomic mass is 16.5. The van der Waals surface area contributed by atoms with Crippen LogP contribution in [0.4, 0.5) is 5.69 Å². The Labute approximate surface area is 169 Å². The molecule has 0 atom stereocenters. The van der Waals surface area contributed by atoms with Crippen molar-refractivity contribution in [2.45, 2.75) is 13.5 Å². The predicted octanol–water partition coefficient (Wildman–Crippen LogP) is 5.51. The van der Waals surface area contributed by atoms with Crippen molar-refractivity contribution in [3.8, 4) is 23.0 Å².